The molecule has 0 bridgehead atoms. The van der Waals surface area contributed by atoms with Crippen molar-refractivity contribution in [2.24, 2.45) is 5.92 Å². The van der Waals surface area contributed by atoms with Crippen molar-refractivity contribution < 1.29 is 22.7 Å². The fraction of sp³-hybridized carbons (Fsp3) is 0.882. The molecule has 3 fully saturated rings. The average molecular weight is 388 g/mol. The summed E-state index contributed by atoms with van der Waals surface area (Å²) in [6.07, 6.45) is 4.74. The van der Waals surface area contributed by atoms with Gasteiger partial charge in [-0.3, -0.25) is 9.59 Å². The fourth-order valence-corrected chi connectivity index (χ4v) is 5.35. The third-order valence-electron chi connectivity index (χ3n) is 5.80. The molecule has 0 radical (unpaired) electrons. The topological polar surface area (TPSA) is 105 Å². The van der Waals surface area contributed by atoms with E-state index in [-0.39, 0.29) is 30.0 Å². The number of rotatable bonds is 4. The van der Waals surface area contributed by atoms with Crippen LogP contribution in [0, 0.1) is 5.92 Å². The summed E-state index contributed by atoms with van der Waals surface area (Å²) < 4.78 is 31.8. The number of carbonyl (C=O) groups excluding carboxylic acids is 2. The highest BCUT2D eigenvalue weighted by Gasteiger charge is 2.45. The summed E-state index contributed by atoms with van der Waals surface area (Å²) in [5, 5.41) is 5.85. The Hall–Kier alpha value is -1.19. The van der Waals surface area contributed by atoms with Gasteiger partial charge in [0.25, 0.3) is 0 Å². The molecular formula is C17H29N3O5S. The molecule has 8 nitrogen and oxygen atoms in total. The first-order chi connectivity index (χ1) is 12.4. The van der Waals surface area contributed by atoms with Crippen LogP contribution in [-0.4, -0.2) is 68.2 Å². The van der Waals surface area contributed by atoms with Crippen LogP contribution in [0.15, 0.2) is 0 Å². The normalized spacial score (nSPS) is 27.9. The lowest BCUT2D eigenvalue weighted by Gasteiger charge is -2.32. The molecule has 0 aromatic heterocycles. The van der Waals surface area contributed by atoms with Crippen molar-refractivity contribution in [1.82, 2.24) is 14.9 Å². The van der Waals surface area contributed by atoms with E-state index in [9.17, 15) is 18.0 Å². The summed E-state index contributed by atoms with van der Waals surface area (Å²) in [5.41, 5.74) is -0.503. The van der Waals surface area contributed by atoms with E-state index in [0.717, 1.165) is 25.7 Å². The van der Waals surface area contributed by atoms with Gasteiger partial charge >= 0.3 is 0 Å². The van der Waals surface area contributed by atoms with Gasteiger partial charge in [-0.2, -0.15) is 4.31 Å². The maximum absolute atomic E-state index is 12.8. The lowest BCUT2D eigenvalue weighted by Crippen LogP contribution is -2.55. The maximum Gasteiger partial charge on any atom is 0.244 e. The second kappa shape index (κ2) is 7.82. The number of amides is 2. The van der Waals surface area contributed by atoms with Crippen LogP contribution < -0.4 is 10.6 Å². The summed E-state index contributed by atoms with van der Waals surface area (Å²) in [6.45, 7) is 2.96. The molecule has 1 atom stereocenters. The molecule has 2 aliphatic heterocycles. The Balaban J connectivity index is 1.78. The number of ether oxygens (including phenoxy) is 1. The van der Waals surface area contributed by atoms with Gasteiger partial charge in [-0.15, -0.1) is 0 Å². The van der Waals surface area contributed by atoms with E-state index < -0.39 is 21.6 Å². The number of hydrogen-bond donors (Lipinski definition) is 2. The Morgan fingerprint density at radius 1 is 1.31 bits per heavy atom. The van der Waals surface area contributed by atoms with E-state index >= 15 is 0 Å². The maximum atomic E-state index is 12.8. The molecule has 1 spiro atoms. The van der Waals surface area contributed by atoms with Crippen LogP contribution in [0.5, 0.6) is 0 Å². The molecule has 0 aromatic carbocycles. The van der Waals surface area contributed by atoms with Gasteiger partial charge in [-0.05, 0) is 32.6 Å². The SMILES string of the molecule is CCS(=O)(=O)N1CC(NC(=O)C2CCOCC2)C(=O)NC2(CCCC2)C1. The first-order valence-corrected chi connectivity index (χ1v) is 11.1. The molecule has 2 amide bonds. The number of carbonyl (C=O) groups is 2. The Labute approximate surface area is 155 Å². The number of sulfonamides is 1. The van der Waals surface area contributed by atoms with Crippen molar-refractivity contribution >= 4 is 21.8 Å². The lowest BCUT2D eigenvalue weighted by atomic mass is 9.97. The van der Waals surface area contributed by atoms with Crippen molar-refractivity contribution in [3.8, 4) is 0 Å². The van der Waals surface area contributed by atoms with Crippen molar-refractivity contribution in [3.63, 3.8) is 0 Å². The van der Waals surface area contributed by atoms with Gasteiger partial charge in [0, 0.05) is 32.2 Å². The van der Waals surface area contributed by atoms with Gasteiger partial charge in [0.15, 0.2) is 0 Å². The Morgan fingerprint density at radius 3 is 2.58 bits per heavy atom. The monoisotopic (exact) mass is 387 g/mol. The fourth-order valence-electron chi connectivity index (χ4n) is 4.17. The minimum absolute atomic E-state index is 0.00127. The summed E-state index contributed by atoms with van der Waals surface area (Å²) in [6, 6.07) is -0.855. The smallest absolute Gasteiger partial charge is 0.244 e. The second-order valence-electron chi connectivity index (χ2n) is 7.62. The highest BCUT2D eigenvalue weighted by molar-refractivity contribution is 7.89. The van der Waals surface area contributed by atoms with Gasteiger partial charge in [-0.1, -0.05) is 12.8 Å². The minimum Gasteiger partial charge on any atom is -0.381 e. The van der Waals surface area contributed by atoms with E-state index in [1.54, 1.807) is 6.92 Å². The molecule has 1 saturated carbocycles. The third kappa shape index (κ3) is 4.20. The molecule has 0 aromatic rings. The predicted molar refractivity (Wildman–Crippen MR) is 95.8 cm³/mol. The highest BCUT2D eigenvalue weighted by atomic mass is 32.2. The molecule has 1 aliphatic carbocycles. The first kappa shape index (κ1) is 19.6. The van der Waals surface area contributed by atoms with Crippen LogP contribution in [0.4, 0.5) is 0 Å². The van der Waals surface area contributed by atoms with Crippen LogP contribution in [0.2, 0.25) is 0 Å². The lowest BCUT2D eigenvalue weighted by molar-refractivity contribution is -0.133. The van der Waals surface area contributed by atoms with Crippen LogP contribution in [0.1, 0.15) is 45.4 Å². The van der Waals surface area contributed by atoms with Crippen molar-refractivity contribution in [2.45, 2.75) is 57.0 Å². The number of nitrogens with zero attached hydrogens (tertiary/aromatic N) is 1. The van der Waals surface area contributed by atoms with Crippen LogP contribution in [0.25, 0.3) is 0 Å². The molecular weight excluding hydrogens is 358 g/mol. The quantitative estimate of drug-likeness (QED) is 0.706. The molecule has 148 valence electrons. The molecule has 2 saturated heterocycles. The summed E-state index contributed by atoms with van der Waals surface area (Å²) in [4.78, 5) is 25.3. The second-order valence-corrected chi connectivity index (χ2v) is 9.88. The Kier molecular flexibility index (Phi) is 5.88. The zero-order valence-electron chi connectivity index (χ0n) is 15.3. The molecule has 26 heavy (non-hydrogen) atoms. The molecule has 2 N–H and O–H groups in total. The zero-order chi connectivity index (χ0) is 18.8. The standard InChI is InChI=1S/C17H29N3O5S/c1-2-26(23,24)20-11-14(18-15(21)13-5-9-25-10-6-13)16(22)19-17(12-20)7-3-4-8-17/h13-14H,2-12H2,1H3,(H,18,21)(H,19,22). The molecule has 3 rings (SSSR count). The minimum atomic E-state index is -3.46. The Morgan fingerprint density at radius 2 is 1.96 bits per heavy atom. The highest BCUT2D eigenvalue weighted by Crippen LogP contribution is 2.33. The average Bonchev–Trinajstić information content (AvgIpc) is 3.03. The van der Waals surface area contributed by atoms with Crippen molar-refractivity contribution in [3.05, 3.63) is 0 Å². The largest absolute Gasteiger partial charge is 0.381 e. The van der Waals surface area contributed by atoms with Crippen LogP contribution in [0.3, 0.4) is 0 Å². The van der Waals surface area contributed by atoms with Crippen molar-refractivity contribution in [1.29, 1.82) is 0 Å². The molecule has 1 unspecified atom stereocenters. The Bertz CT molecular complexity index is 639. The van der Waals surface area contributed by atoms with Gasteiger partial charge in [-0.25, -0.2) is 8.42 Å². The zero-order valence-corrected chi connectivity index (χ0v) is 16.1. The van der Waals surface area contributed by atoms with Crippen LogP contribution in [-0.2, 0) is 24.3 Å². The summed E-state index contributed by atoms with van der Waals surface area (Å²) in [5.74, 6) is -0.667. The molecule has 3 aliphatic rings. The summed E-state index contributed by atoms with van der Waals surface area (Å²) in [7, 11) is -3.46. The third-order valence-corrected chi connectivity index (χ3v) is 7.59. The van der Waals surface area contributed by atoms with Crippen molar-refractivity contribution in [2.75, 3.05) is 32.1 Å². The number of nitrogens with one attached hydrogen (secondary N) is 2. The van der Waals surface area contributed by atoms with E-state index in [4.69, 9.17) is 4.74 Å². The van der Waals surface area contributed by atoms with E-state index in [1.807, 2.05) is 0 Å². The van der Waals surface area contributed by atoms with E-state index in [1.165, 1.54) is 4.31 Å². The van der Waals surface area contributed by atoms with Gasteiger partial charge in [0.1, 0.15) is 6.04 Å². The van der Waals surface area contributed by atoms with Gasteiger partial charge in [0.05, 0.1) is 11.3 Å². The summed E-state index contributed by atoms with van der Waals surface area (Å²) >= 11 is 0. The number of hydrogen-bond acceptors (Lipinski definition) is 5. The van der Waals surface area contributed by atoms with Gasteiger partial charge in [0.2, 0.25) is 21.8 Å². The molecule has 2 heterocycles. The first-order valence-electron chi connectivity index (χ1n) is 9.53. The van der Waals surface area contributed by atoms with Gasteiger partial charge < -0.3 is 15.4 Å². The molecule has 9 heteroatoms. The van der Waals surface area contributed by atoms with E-state index in [2.05, 4.69) is 10.6 Å². The predicted octanol–water partition coefficient (Wildman–Crippen LogP) is -0.00790. The van der Waals surface area contributed by atoms with Crippen LogP contribution >= 0.6 is 0 Å². The van der Waals surface area contributed by atoms with E-state index in [0.29, 0.717) is 32.6 Å².